The largest absolute Gasteiger partial charge is 0.508 e. The van der Waals surface area contributed by atoms with Crippen LogP contribution in [0.5, 0.6) is 5.75 Å². The number of carbonyl (C=O) groups is 2. The molecule has 2 rings (SSSR count). The molecule has 0 radical (unpaired) electrons. The first kappa shape index (κ1) is 15.1. The van der Waals surface area contributed by atoms with Crippen molar-refractivity contribution in [1.29, 1.82) is 0 Å². The number of carbonyl (C=O) groups excluding carboxylic acids is 1. The Morgan fingerprint density at radius 3 is 2.62 bits per heavy atom. The van der Waals surface area contributed by atoms with E-state index in [2.05, 4.69) is 0 Å². The van der Waals surface area contributed by atoms with Crippen LogP contribution in [0.4, 0.5) is 0 Å². The summed E-state index contributed by atoms with van der Waals surface area (Å²) in [6, 6.07) is 6.32. The first-order chi connectivity index (χ1) is 10.1. The Morgan fingerprint density at radius 1 is 1.24 bits per heavy atom. The maximum Gasteiger partial charge on any atom is 0.305 e. The third-order valence-corrected chi connectivity index (χ3v) is 3.63. The van der Waals surface area contributed by atoms with Gasteiger partial charge in [0.15, 0.2) is 0 Å². The molecule has 0 spiro atoms. The van der Waals surface area contributed by atoms with Crippen molar-refractivity contribution < 1.29 is 19.8 Å². The Labute approximate surface area is 123 Å². The van der Waals surface area contributed by atoms with Gasteiger partial charge in [-0.05, 0) is 43.0 Å². The molecule has 21 heavy (non-hydrogen) atoms. The van der Waals surface area contributed by atoms with Gasteiger partial charge < -0.3 is 15.1 Å². The molecule has 5 heteroatoms. The lowest BCUT2D eigenvalue weighted by atomic mass is 9.99. The minimum absolute atomic E-state index is 0.00120. The number of phenols is 1. The molecule has 5 nitrogen and oxygen atoms in total. The van der Waals surface area contributed by atoms with Crippen molar-refractivity contribution in [2.45, 2.75) is 31.7 Å². The highest BCUT2D eigenvalue weighted by atomic mass is 16.4. The first-order valence-corrected chi connectivity index (χ1v) is 7.06. The molecule has 1 aromatic rings. The van der Waals surface area contributed by atoms with Gasteiger partial charge in [0.25, 0.3) is 0 Å². The van der Waals surface area contributed by atoms with Crippen LogP contribution in [-0.4, -0.2) is 39.6 Å². The minimum Gasteiger partial charge on any atom is -0.508 e. The number of carboxylic acids is 1. The molecular formula is C16H19NO4. The van der Waals surface area contributed by atoms with Crippen molar-refractivity contribution in [2.24, 2.45) is 0 Å². The molecule has 1 saturated heterocycles. The van der Waals surface area contributed by atoms with E-state index in [4.69, 9.17) is 5.11 Å². The average Bonchev–Trinajstić information content (AvgIpc) is 2.46. The van der Waals surface area contributed by atoms with Crippen LogP contribution >= 0.6 is 0 Å². The van der Waals surface area contributed by atoms with Crippen molar-refractivity contribution in [3.8, 4) is 5.75 Å². The van der Waals surface area contributed by atoms with E-state index in [0.29, 0.717) is 6.54 Å². The Balaban J connectivity index is 2.03. The number of rotatable bonds is 4. The van der Waals surface area contributed by atoms with Crippen molar-refractivity contribution in [2.75, 3.05) is 6.54 Å². The summed E-state index contributed by atoms with van der Waals surface area (Å²) >= 11 is 0. The number of phenolic OH excluding ortho intramolecular Hbond substituents is 1. The summed E-state index contributed by atoms with van der Waals surface area (Å²) < 4.78 is 0. The van der Waals surface area contributed by atoms with Crippen LogP contribution in [0.15, 0.2) is 30.3 Å². The van der Waals surface area contributed by atoms with E-state index in [0.717, 1.165) is 24.8 Å². The van der Waals surface area contributed by atoms with Gasteiger partial charge in [-0.1, -0.05) is 12.1 Å². The fourth-order valence-corrected chi connectivity index (χ4v) is 2.55. The summed E-state index contributed by atoms with van der Waals surface area (Å²) in [6.45, 7) is 0.608. The van der Waals surface area contributed by atoms with Crippen LogP contribution in [-0.2, 0) is 9.59 Å². The lowest BCUT2D eigenvalue weighted by Crippen LogP contribution is -2.44. The SMILES string of the molecule is O=C(O)CC1CCCCN1C(=O)/C=C/c1ccc(O)cc1. The van der Waals surface area contributed by atoms with Crippen LogP contribution in [0.1, 0.15) is 31.2 Å². The summed E-state index contributed by atoms with van der Waals surface area (Å²) in [5, 5.41) is 18.1. The summed E-state index contributed by atoms with van der Waals surface area (Å²) in [4.78, 5) is 24.7. The van der Waals surface area contributed by atoms with Gasteiger partial charge in [-0.25, -0.2) is 0 Å². The lowest BCUT2D eigenvalue weighted by molar-refractivity contribution is -0.140. The molecule has 1 heterocycles. The number of hydrogen-bond acceptors (Lipinski definition) is 3. The van der Waals surface area contributed by atoms with Gasteiger partial charge in [0.1, 0.15) is 5.75 Å². The van der Waals surface area contributed by atoms with Crippen molar-refractivity contribution in [3.63, 3.8) is 0 Å². The topological polar surface area (TPSA) is 77.8 Å². The van der Waals surface area contributed by atoms with E-state index in [1.54, 1.807) is 35.2 Å². The lowest BCUT2D eigenvalue weighted by Gasteiger charge is -2.34. The van der Waals surface area contributed by atoms with E-state index in [1.165, 1.54) is 6.08 Å². The van der Waals surface area contributed by atoms with Crippen LogP contribution in [0.2, 0.25) is 0 Å². The predicted molar refractivity (Wildman–Crippen MR) is 78.7 cm³/mol. The van der Waals surface area contributed by atoms with Gasteiger partial charge in [0.05, 0.1) is 6.42 Å². The molecule has 1 aliphatic rings. The van der Waals surface area contributed by atoms with E-state index in [1.807, 2.05) is 0 Å². The number of hydrogen-bond donors (Lipinski definition) is 2. The molecule has 0 saturated carbocycles. The normalized spacial score (nSPS) is 18.9. The zero-order chi connectivity index (χ0) is 15.2. The van der Waals surface area contributed by atoms with Crippen LogP contribution in [0.3, 0.4) is 0 Å². The highest BCUT2D eigenvalue weighted by Gasteiger charge is 2.27. The summed E-state index contributed by atoms with van der Waals surface area (Å²) in [7, 11) is 0. The second kappa shape index (κ2) is 6.92. The number of aromatic hydroxyl groups is 1. The highest BCUT2D eigenvalue weighted by molar-refractivity contribution is 5.92. The zero-order valence-corrected chi connectivity index (χ0v) is 11.7. The Kier molecular flexibility index (Phi) is 4.98. The van der Waals surface area contributed by atoms with Crippen LogP contribution in [0, 0.1) is 0 Å². The molecular weight excluding hydrogens is 270 g/mol. The number of aliphatic carboxylic acids is 1. The van der Waals surface area contributed by atoms with Crippen LogP contribution < -0.4 is 0 Å². The van der Waals surface area contributed by atoms with Gasteiger partial charge in [-0.2, -0.15) is 0 Å². The standard InChI is InChI=1S/C16H19NO4/c18-14-7-4-12(5-8-14)6-9-15(19)17-10-2-1-3-13(17)11-16(20)21/h4-9,13,18H,1-3,10-11H2,(H,20,21)/b9-6+. The molecule has 1 atom stereocenters. The maximum absolute atomic E-state index is 12.2. The van der Waals surface area contributed by atoms with Gasteiger partial charge >= 0.3 is 5.97 Å². The van der Waals surface area contributed by atoms with Gasteiger partial charge in [-0.15, -0.1) is 0 Å². The Bertz CT molecular complexity index is 536. The van der Waals surface area contributed by atoms with E-state index in [9.17, 15) is 14.7 Å². The summed E-state index contributed by atoms with van der Waals surface area (Å²) in [6.07, 6.45) is 5.75. The van der Waals surface area contributed by atoms with Crippen molar-refractivity contribution >= 4 is 18.0 Å². The monoisotopic (exact) mass is 289 g/mol. The molecule has 0 bridgehead atoms. The quantitative estimate of drug-likeness (QED) is 0.833. The summed E-state index contributed by atoms with van der Waals surface area (Å²) in [5.74, 6) is -0.854. The third-order valence-electron chi connectivity index (χ3n) is 3.63. The molecule has 1 aliphatic heterocycles. The number of likely N-dealkylation sites (tertiary alicyclic amines) is 1. The predicted octanol–water partition coefficient (Wildman–Crippen LogP) is 2.26. The molecule has 0 aliphatic carbocycles. The molecule has 0 aromatic heterocycles. The highest BCUT2D eigenvalue weighted by Crippen LogP contribution is 2.20. The fourth-order valence-electron chi connectivity index (χ4n) is 2.55. The second-order valence-corrected chi connectivity index (χ2v) is 5.20. The number of benzene rings is 1. The average molecular weight is 289 g/mol. The first-order valence-electron chi connectivity index (χ1n) is 7.06. The molecule has 2 N–H and O–H groups in total. The van der Waals surface area contributed by atoms with E-state index >= 15 is 0 Å². The van der Waals surface area contributed by atoms with Crippen LogP contribution in [0.25, 0.3) is 6.08 Å². The van der Waals surface area contributed by atoms with E-state index < -0.39 is 5.97 Å². The Morgan fingerprint density at radius 2 is 1.95 bits per heavy atom. The number of piperidine rings is 1. The van der Waals surface area contributed by atoms with Crippen molar-refractivity contribution in [1.82, 2.24) is 4.90 Å². The number of nitrogens with zero attached hydrogens (tertiary/aromatic N) is 1. The van der Waals surface area contributed by atoms with E-state index in [-0.39, 0.29) is 24.1 Å². The smallest absolute Gasteiger partial charge is 0.305 e. The molecule has 1 fully saturated rings. The Hall–Kier alpha value is -2.30. The minimum atomic E-state index is -0.873. The van der Waals surface area contributed by atoms with Gasteiger partial charge in [0.2, 0.25) is 5.91 Å². The van der Waals surface area contributed by atoms with Gasteiger partial charge in [0, 0.05) is 18.7 Å². The maximum atomic E-state index is 12.2. The third kappa shape index (κ3) is 4.34. The zero-order valence-electron chi connectivity index (χ0n) is 11.7. The second-order valence-electron chi connectivity index (χ2n) is 5.20. The summed E-state index contributed by atoms with van der Waals surface area (Å²) in [5.41, 5.74) is 0.813. The number of carboxylic acid groups (broad SMARTS) is 1. The van der Waals surface area contributed by atoms with Crippen molar-refractivity contribution in [3.05, 3.63) is 35.9 Å². The molecule has 112 valence electrons. The molecule has 1 amide bonds. The number of amides is 1. The molecule has 1 aromatic carbocycles. The molecule has 1 unspecified atom stereocenters. The fraction of sp³-hybridized carbons (Fsp3) is 0.375. The van der Waals surface area contributed by atoms with Gasteiger partial charge in [-0.3, -0.25) is 9.59 Å².